The average molecular weight is 270 g/mol. The predicted molar refractivity (Wildman–Crippen MR) is 89.3 cm³/mol. The van der Waals surface area contributed by atoms with Crippen LogP contribution in [0.3, 0.4) is 0 Å². The average Bonchev–Trinajstić information content (AvgIpc) is 2.42. The molecule has 0 saturated carbocycles. The van der Waals surface area contributed by atoms with E-state index in [1.165, 1.54) is 16.5 Å². The lowest BCUT2D eigenvalue weighted by molar-refractivity contribution is 0.459. The molecule has 20 heavy (non-hydrogen) atoms. The third-order valence-electron chi connectivity index (χ3n) is 3.74. The zero-order chi connectivity index (χ0) is 14.6. The number of nitrogens with zero attached hydrogens (tertiary/aromatic N) is 1. The van der Waals surface area contributed by atoms with Crippen molar-refractivity contribution < 1.29 is 0 Å². The lowest BCUT2D eigenvalue weighted by Crippen LogP contribution is -2.33. The van der Waals surface area contributed by atoms with Crippen LogP contribution in [0.15, 0.2) is 42.5 Å². The summed E-state index contributed by atoms with van der Waals surface area (Å²) in [5, 5.41) is 2.64. The second-order valence-corrected chi connectivity index (χ2v) is 6.17. The molecule has 0 aliphatic carbocycles. The highest BCUT2D eigenvalue weighted by Crippen LogP contribution is 2.27. The summed E-state index contributed by atoms with van der Waals surface area (Å²) in [6.45, 7) is 8.50. The van der Waals surface area contributed by atoms with E-state index in [2.05, 4.69) is 68.1 Å². The van der Waals surface area contributed by atoms with Crippen LogP contribution >= 0.6 is 0 Å². The molecule has 0 fully saturated rings. The summed E-state index contributed by atoms with van der Waals surface area (Å²) >= 11 is 0. The standard InChI is InChI=1S/C18H26N2/c1-4-20(14-8-13-18(2,3)19)17-12-7-10-15-9-5-6-11-16(15)17/h5-7,9-12H,4,8,13-14,19H2,1-3H3. The summed E-state index contributed by atoms with van der Waals surface area (Å²) in [5.74, 6) is 0. The van der Waals surface area contributed by atoms with Gasteiger partial charge in [0.1, 0.15) is 0 Å². The lowest BCUT2D eigenvalue weighted by Gasteiger charge is -2.26. The van der Waals surface area contributed by atoms with Crippen molar-refractivity contribution in [3.8, 4) is 0 Å². The first kappa shape index (κ1) is 14.9. The van der Waals surface area contributed by atoms with E-state index >= 15 is 0 Å². The van der Waals surface area contributed by atoms with E-state index in [0.717, 1.165) is 25.9 Å². The number of anilines is 1. The molecule has 2 N–H and O–H groups in total. The molecule has 0 aliphatic heterocycles. The number of benzene rings is 2. The molecule has 0 spiro atoms. The van der Waals surface area contributed by atoms with Gasteiger partial charge in [-0.15, -0.1) is 0 Å². The van der Waals surface area contributed by atoms with Crippen molar-refractivity contribution in [2.24, 2.45) is 5.73 Å². The molecule has 0 atom stereocenters. The molecule has 0 aliphatic rings. The van der Waals surface area contributed by atoms with Crippen LogP contribution in [0.4, 0.5) is 5.69 Å². The van der Waals surface area contributed by atoms with Crippen LogP contribution in [0.1, 0.15) is 33.6 Å². The van der Waals surface area contributed by atoms with Crippen molar-refractivity contribution in [2.45, 2.75) is 39.2 Å². The Kier molecular flexibility index (Phi) is 4.66. The highest BCUT2D eigenvalue weighted by molar-refractivity contribution is 5.94. The maximum absolute atomic E-state index is 6.07. The van der Waals surface area contributed by atoms with E-state index in [9.17, 15) is 0 Å². The minimum absolute atomic E-state index is 0.0713. The first-order valence-corrected chi connectivity index (χ1v) is 7.53. The first-order valence-electron chi connectivity index (χ1n) is 7.53. The van der Waals surface area contributed by atoms with E-state index < -0.39 is 0 Å². The number of hydrogen-bond donors (Lipinski definition) is 1. The molecular weight excluding hydrogens is 244 g/mol. The molecule has 0 saturated heterocycles. The van der Waals surface area contributed by atoms with Gasteiger partial charge in [0.25, 0.3) is 0 Å². The number of hydrogen-bond acceptors (Lipinski definition) is 2. The van der Waals surface area contributed by atoms with Gasteiger partial charge in [0.2, 0.25) is 0 Å². The van der Waals surface area contributed by atoms with E-state index in [-0.39, 0.29) is 5.54 Å². The molecule has 0 heterocycles. The van der Waals surface area contributed by atoms with Crippen LogP contribution in [0, 0.1) is 0 Å². The van der Waals surface area contributed by atoms with Gasteiger partial charge >= 0.3 is 0 Å². The quantitative estimate of drug-likeness (QED) is 0.853. The fourth-order valence-corrected chi connectivity index (χ4v) is 2.66. The summed E-state index contributed by atoms with van der Waals surface area (Å²) in [5.41, 5.74) is 7.34. The van der Waals surface area contributed by atoms with Crippen molar-refractivity contribution in [3.63, 3.8) is 0 Å². The van der Waals surface area contributed by atoms with Crippen molar-refractivity contribution in [3.05, 3.63) is 42.5 Å². The van der Waals surface area contributed by atoms with Gasteiger partial charge in [-0.25, -0.2) is 0 Å². The Morgan fingerprint density at radius 3 is 2.45 bits per heavy atom. The second-order valence-electron chi connectivity index (χ2n) is 6.17. The summed E-state index contributed by atoms with van der Waals surface area (Å²) in [6.07, 6.45) is 2.18. The largest absolute Gasteiger partial charge is 0.371 e. The van der Waals surface area contributed by atoms with Crippen LogP contribution in [-0.4, -0.2) is 18.6 Å². The van der Waals surface area contributed by atoms with Crippen molar-refractivity contribution in [1.29, 1.82) is 0 Å². The van der Waals surface area contributed by atoms with Crippen LogP contribution in [0.25, 0.3) is 10.8 Å². The fourth-order valence-electron chi connectivity index (χ4n) is 2.66. The van der Waals surface area contributed by atoms with Gasteiger partial charge in [-0.2, -0.15) is 0 Å². The van der Waals surface area contributed by atoms with Crippen LogP contribution in [0.2, 0.25) is 0 Å². The minimum Gasteiger partial charge on any atom is -0.371 e. The van der Waals surface area contributed by atoms with Crippen molar-refractivity contribution in [2.75, 3.05) is 18.0 Å². The zero-order valence-electron chi connectivity index (χ0n) is 12.9. The molecule has 108 valence electrons. The van der Waals surface area contributed by atoms with Crippen LogP contribution in [0.5, 0.6) is 0 Å². The maximum Gasteiger partial charge on any atom is 0.0445 e. The zero-order valence-corrected chi connectivity index (χ0v) is 12.9. The van der Waals surface area contributed by atoms with Gasteiger partial charge < -0.3 is 10.6 Å². The van der Waals surface area contributed by atoms with Crippen molar-refractivity contribution >= 4 is 16.5 Å². The van der Waals surface area contributed by atoms with E-state index in [1.54, 1.807) is 0 Å². The Hall–Kier alpha value is -1.54. The summed E-state index contributed by atoms with van der Waals surface area (Å²) < 4.78 is 0. The normalized spacial score (nSPS) is 11.8. The molecule has 0 amide bonds. The third-order valence-corrected chi connectivity index (χ3v) is 3.74. The molecule has 2 aromatic carbocycles. The van der Waals surface area contributed by atoms with Gasteiger partial charge in [0.05, 0.1) is 0 Å². The van der Waals surface area contributed by atoms with Crippen LogP contribution in [-0.2, 0) is 0 Å². The Labute approximate surface area is 122 Å². The van der Waals surface area contributed by atoms with E-state index in [4.69, 9.17) is 5.73 Å². The highest BCUT2D eigenvalue weighted by atomic mass is 15.1. The highest BCUT2D eigenvalue weighted by Gasteiger charge is 2.12. The van der Waals surface area contributed by atoms with Crippen molar-refractivity contribution in [1.82, 2.24) is 0 Å². The summed E-state index contributed by atoms with van der Waals surface area (Å²) in [4.78, 5) is 2.45. The number of fused-ring (bicyclic) bond motifs is 1. The van der Waals surface area contributed by atoms with Gasteiger partial charge in [0, 0.05) is 29.7 Å². The molecule has 0 unspecified atom stereocenters. The number of rotatable bonds is 6. The van der Waals surface area contributed by atoms with Gasteiger partial charge in [-0.3, -0.25) is 0 Å². The third kappa shape index (κ3) is 3.73. The maximum atomic E-state index is 6.07. The number of nitrogens with two attached hydrogens (primary N) is 1. The van der Waals surface area contributed by atoms with Crippen LogP contribution < -0.4 is 10.6 Å². The first-order chi connectivity index (χ1) is 9.51. The predicted octanol–water partition coefficient (Wildman–Crippen LogP) is 4.18. The second kappa shape index (κ2) is 6.27. The lowest BCUT2D eigenvalue weighted by atomic mass is 10.00. The molecule has 0 aromatic heterocycles. The minimum atomic E-state index is -0.0713. The SMILES string of the molecule is CCN(CCCC(C)(C)N)c1cccc2ccccc12. The fraction of sp³-hybridized carbons (Fsp3) is 0.444. The summed E-state index contributed by atoms with van der Waals surface area (Å²) in [7, 11) is 0. The molecule has 2 heteroatoms. The van der Waals surface area contributed by atoms with Gasteiger partial charge in [0.15, 0.2) is 0 Å². The van der Waals surface area contributed by atoms with Gasteiger partial charge in [-0.1, -0.05) is 36.4 Å². The molecule has 0 bridgehead atoms. The molecule has 2 rings (SSSR count). The molecular formula is C18H26N2. The molecule has 2 nitrogen and oxygen atoms in total. The Morgan fingerprint density at radius 2 is 1.75 bits per heavy atom. The topological polar surface area (TPSA) is 29.3 Å². The summed E-state index contributed by atoms with van der Waals surface area (Å²) in [6, 6.07) is 15.1. The molecule has 2 aromatic rings. The monoisotopic (exact) mass is 270 g/mol. The molecule has 0 radical (unpaired) electrons. The van der Waals surface area contributed by atoms with Gasteiger partial charge in [-0.05, 0) is 45.1 Å². The Balaban J connectivity index is 2.17. The van der Waals surface area contributed by atoms with E-state index in [1.807, 2.05) is 0 Å². The van der Waals surface area contributed by atoms with E-state index in [0.29, 0.717) is 0 Å². The smallest absolute Gasteiger partial charge is 0.0445 e. The Bertz CT molecular complexity index is 549. The Morgan fingerprint density at radius 1 is 1.05 bits per heavy atom.